The first-order valence-electron chi connectivity index (χ1n) is 5.97. The van der Waals surface area contributed by atoms with E-state index in [-0.39, 0.29) is 6.61 Å². The Morgan fingerprint density at radius 1 is 1.40 bits per heavy atom. The highest BCUT2D eigenvalue weighted by Crippen LogP contribution is 2.08. The SMILES string of the molecule is C=CCOC(C)C(=O)OCC(=O)Nc1ccc(F)cc1. The molecule has 0 aliphatic carbocycles. The summed E-state index contributed by atoms with van der Waals surface area (Å²) < 4.78 is 22.5. The van der Waals surface area contributed by atoms with Crippen LogP contribution in [0.2, 0.25) is 0 Å². The number of halogens is 1. The number of nitrogens with one attached hydrogen (secondary N) is 1. The van der Waals surface area contributed by atoms with E-state index >= 15 is 0 Å². The van der Waals surface area contributed by atoms with E-state index < -0.39 is 30.4 Å². The van der Waals surface area contributed by atoms with Crippen LogP contribution in [0.25, 0.3) is 0 Å². The number of hydrogen-bond acceptors (Lipinski definition) is 4. The standard InChI is InChI=1S/C14H16FNO4/c1-3-8-19-10(2)14(18)20-9-13(17)16-12-6-4-11(15)5-7-12/h3-7,10H,1,8-9H2,2H3,(H,16,17). The van der Waals surface area contributed by atoms with Crippen LogP contribution in [0.5, 0.6) is 0 Å². The maximum atomic E-state index is 12.7. The fourth-order valence-corrected chi connectivity index (χ4v) is 1.26. The second-order valence-corrected chi connectivity index (χ2v) is 3.93. The number of benzene rings is 1. The zero-order valence-corrected chi connectivity index (χ0v) is 11.1. The van der Waals surface area contributed by atoms with Crippen LogP contribution in [0, 0.1) is 5.82 Å². The summed E-state index contributed by atoms with van der Waals surface area (Å²) in [4.78, 5) is 22.9. The molecule has 0 spiro atoms. The average Bonchev–Trinajstić information content (AvgIpc) is 2.44. The van der Waals surface area contributed by atoms with Gasteiger partial charge in [0.05, 0.1) is 6.61 Å². The van der Waals surface area contributed by atoms with Crippen molar-refractivity contribution in [3.8, 4) is 0 Å². The van der Waals surface area contributed by atoms with E-state index in [4.69, 9.17) is 9.47 Å². The topological polar surface area (TPSA) is 64.6 Å². The largest absolute Gasteiger partial charge is 0.454 e. The third-order valence-corrected chi connectivity index (χ3v) is 2.27. The van der Waals surface area contributed by atoms with E-state index in [1.165, 1.54) is 37.3 Å². The van der Waals surface area contributed by atoms with Crippen molar-refractivity contribution in [1.29, 1.82) is 0 Å². The number of amides is 1. The molecule has 0 fully saturated rings. The van der Waals surface area contributed by atoms with Gasteiger partial charge in [-0.05, 0) is 31.2 Å². The van der Waals surface area contributed by atoms with E-state index in [0.29, 0.717) is 5.69 Å². The van der Waals surface area contributed by atoms with Crippen molar-refractivity contribution in [3.05, 3.63) is 42.7 Å². The minimum atomic E-state index is -0.772. The number of hydrogen-bond donors (Lipinski definition) is 1. The van der Waals surface area contributed by atoms with Crippen molar-refractivity contribution < 1.29 is 23.5 Å². The summed E-state index contributed by atoms with van der Waals surface area (Å²) in [6.45, 7) is 4.76. The third kappa shape index (κ3) is 5.62. The molecule has 1 N–H and O–H groups in total. The molecule has 1 atom stereocenters. The minimum absolute atomic E-state index is 0.220. The Kier molecular flexibility index (Phi) is 6.39. The van der Waals surface area contributed by atoms with Gasteiger partial charge in [-0.3, -0.25) is 4.79 Å². The molecule has 20 heavy (non-hydrogen) atoms. The summed E-state index contributed by atoms with van der Waals surface area (Å²) in [6.07, 6.45) is 0.733. The molecule has 0 heterocycles. The molecule has 6 heteroatoms. The Hall–Kier alpha value is -2.21. The van der Waals surface area contributed by atoms with Crippen LogP contribution in [0.1, 0.15) is 6.92 Å². The van der Waals surface area contributed by atoms with Crippen LogP contribution in [0.4, 0.5) is 10.1 Å². The molecule has 0 aliphatic rings. The lowest BCUT2D eigenvalue weighted by Crippen LogP contribution is -2.28. The summed E-state index contributed by atoms with van der Waals surface area (Å²) in [5.41, 5.74) is 0.420. The zero-order chi connectivity index (χ0) is 15.0. The molecular weight excluding hydrogens is 265 g/mol. The van der Waals surface area contributed by atoms with E-state index in [2.05, 4.69) is 11.9 Å². The number of carbonyl (C=O) groups is 2. The van der Waals surface area contributed by atoms with E-state index in [9.17, 15) is 14.0 Å². The van der Waals surface area contributed by atoms with Gasteiger partial charge >= 0.3 is 5.97 Å². The molecule has 5 nitrogen and oxygen atoms in total. The number of rotatable bonds is 7. The zero-order valence-electron chi connectivity index (χ0n) is 11.1. The number of ether oxygens (including phenoxy) is 2. The highest BCUT2D eigenvalue weighted by molar-refractivity contribution is 5.92. The quantitative estimate of drug-likeness (QED) is 0.612. The predicted octanol–water partition coefficient (Wildman–Crippen LogP) is 1.90. The number of carbonyl (C=O) groups excluding carboxylic acids is 2. The van der Waals surface area contributed by atoms with Gasteiger partial charge in [0.1, 0.15) is 5.82 Å². The molecule has 1 aromatic carbocycles. The Morgan fingerprint density at radius 2 is 2.05 bits per heavy atom. The molecular formula is C14H16FNO4. The lowest BCUT2D eigenvalue weighted by atomic mass is 10.3. The van der Waals surface area contributed by atoms with E-state index in [1.807, 2.05) is 0 Å². The van der Waals surface area contributed by atoms with Gasteiger partial charge in [0.25, 0.3) is 5.91 Å². The van der Waals surface area contributed by atoms with Crippen molar-refractivity contribution in [2.24, 2.45) is 0 Å². The van der Waals surface area contributed by atoms with E-state index in [1.54, 1.807) is 0 Å². The van der Waals surface area contributed by atoms with Gasteiger partial charge in [0.15, 0.2) is 12.7 Å². The van der Waals surface area contributed by atoms with E-state index in [0.717, 1.165) is 0 Å². The monoisotopic (exact) mass is 281 g/mol. The van der Waals surface area contributed by atoms with Gasteiger partial charge in [-0.1, -0.05) is 6.08 Å². The fourth-order valence-electron chi connectivity index (χ4n) is 1.26. The summed E-state index contributed by atoms with van der Waals surface area (Å²) in [7, 11) is 0. The van der Waals surface area contributed by atoms with Crippen molar-refractivity contribution in [3.63, 3.8) is 0 Å². The highest BCUT2D eigenvalue weighted by Gasteiger charge is 2.15. The first-order chi connectivity index (χ1) is 9.52. The fraction of sp³-hybridized carbons (Fsp3) is 0.286. The van der Waals surface area contributed by atoms with Gasteiger partial charge < -0.3 is 14.8 Å². The molecule has 1 rings (SSSR count). The summed E-state index contributed by atoms with van der Waals surface area (Å²) in [6, 6.07) is 5.25. The van der Waals surface area contributed by atoms with Gasteiger partial charge in [-0.2, -0.15) is 0 Å². The van der Waals surface area contributed by atoms with Gasteiger partial charge in [0, 0.05) is 5.69 Å². The van der Waals surface area contributed by atoms with Crippen LogP contribution >= 0.6 is 0 Å². The Bertz CT molecular complexity index is 473. The normalized spacial score (nSPS) is 11.5. The van der Waals surface area contributed by atoms with Gasteiger partial charge in [-0.25, -0.2) is 9.18 Å². The van der Waals surface area contributed by atoms with Crippen LogP contribution in [0.15, 0.2) is 36.9 Å². The van der Waals surface area contributed by atoms with Gasteiger partial charge in [-0.15, -0.1) is 6.58 Å². The molecule has 1 unspecified atom stereocenters. The molecule has 0 radical (unpaired) electrons. The molecule has 0 saturated carbocycles. The number of anilines is 1. The maximum Gasteiger partial charge on any atom is 0.335 e. The second kappa shape index (κ2) is 8.06. The summed E-state index contributed by atoms with van der Waals surface area (Å²) >= 11 is 0. The Balaban J connectivity index is 2.34. The smallest absolute Gasteiger partial charge is 0.335 e. The minimum Gasteiger partial charge on any atom is -0.454 e. The van der Waals surface area contributed by atoms with Crippen LogP contribution in [-0.2, 0) is 19.1 Å². The molecule has 0 aliphatic heterocycles. The Labute approximate surface area is 116 Å². The molecule has 0 bridgehead atoms. The Morgan fingerprint density at radius 3 is 2.65 bits per heavy atom. The molecule has 108 valence electrons. The first-order valence-corrected chi connectivity index (χ1v) is 5.97. The van der Waals surface area contributed by atoms with Crippen molar-refractivity contribution >= 4 is 17.6 Å². The third-order valence-electron chi connectivity index (χ3n) is 2.27. The van der Waals surface area contributed by atoms with Crippen LogP contribution in [0.3, 0.4) is 0 Å². The summed E-state index contributed by atoms with van der Waals surface area (Å²) in [5.74, 6) is -1.55. The molecule has 0 saturated heterocycles. The maximum absolute atomic E-state index is 12.7. The first kappa shape index (κ1) is 15.8. The lowest BCUT2D eigenvalue weighted by Gasteiger charge is -2.11. The lowest BCUT2D eigenvalue weighted by molar-refractivity contribution is -0.157. The van der Waals surface area contributed by atoms with Crippen molar-refractivity contribution in [2.75, 3.05) is 18.5 Å². The number of esters is 1. The summed E-state index contributed by atoms with van der Waals surface area (Å²) in [5, 5.41) is 2.47. The van der Waals surface area contributed by atoms with Crippen LogP contribution < -0.4 is 5.32 Å². The predicted molar refractivity (Wildman–Crippen MR) is 71.6 cm³/mol. The second-order valence-electron chi connectivity index (χ2n) is 3.93. The van der Waals surface area contributed by atoms with Crippen molar-refractivity contribution in [1.82, 2.24) is 0 Å². The molecule has 1 aromatic rings. The highest BCUT2D eigenvalue weighted by atomic mass is 19.1. The molecule has 0 aromatic heterocycles. The average molecular weight is 281 g/mol. The van der Waals surface area contributed by atoms with Crippen LogP contribution in [-0.4, -0.2) is 31.2 Å². The van der Waals surface area contributed by atoms with Crippen molar-refractivity contribution in [2.45, 2.75) is 13.0 Å². The molecule has 1 amide bonds. The van der Waals surface area contributed by atoms with Gasteiger partial charge in [0.2, 0.25) is 0 Å².